The Balaban J connectivity index is 2.07. The van der Waals surface area contributed by atoms with Crippen molar-refractivity contribution in [3.8, 4) is 0 Å². The van der Waals surface area contributed by atoms with Gasteiger partial charge in [0.2, 0.25) is 0 Å². The summed E-state index contributed by atoms with van der Waals surface area (Å²) in [6.45, 7) is 8.36. The number of benzene rings is 1. The van der Waals surface area contributed by atoms with Gasteiger partial charge < -0.3 is 10.2 Å². The molecule has 1 amide bonds. The molecule has 0 saturated carbocycles. The number of aryl methyl sites for hydroxylation is 1. The molecule has 1 heterocycles. The van der Waals surface area contributed by atoms with Gasteiger partial charge >= 0.3 is 0 Å². The van der Waals surface area contributed by atoms with E-state index in [4.69, 9.17) is 0 Å². The van der Waals surface area contributed by atoms with Crippen LogP contribution < -0.4 is 5.32 Å². The molecule has 1 aliphatic heterocycles. The summed E-state index contributed by atoms with van der Waals surface area (Å²) in [6, 6.07) is 5.24. The molecule has 1 N–H and O–H groups in total. The number of hydrogen-bond acceptors (Lipinski definition) is 2. The second-order valence-corrected chi connectivity index (χ2v) is 5.66. The molecular formula is C16H23FN2O. The molecule has 0 radical (unpaired) electrons. The van der Waals surface area contributed by atoms with Gasteiger partial charge in [-0.25, -0.2) is 4.39 Å². The highest BCUT2D eigenvalue weighted by molar-refractivity contribution is 5.94. The summed E-state index contributed by atoms with van der Waals surface area (Å²) in [5.74, 6) is -0.220. The molecule has 3 nitrogen and oxygen atoms in total. The fraction of sp³-hybridized carbons (Fsp3) is 0.562. The van der Waals surface area contributed by atoms with Gasteiger partial charge in [0.05, 0.1) is 5.56 Å². The zero-order valence-electron chi connectivity index (χ0n) is 12.4. The molecular weight excluding hydrogens is 255 g/mol. The molecule has 2 rings (SSSR count). The Labute approximate surface area is 120 Å². The van der Waals surface area contributed by atoms with E-state index in [0.29, 0.717) is 25.0 Å². The van der Waals surface area contributed by atoms with Crippen LogP contribution in [0.25, 0.3) is 0 Å². The van der Waals surface area contributed by atoms with Crippen LogP contribution in [0.5, 0.6) is 0 Å². The molecule has 1 aromatic carbocycles. The average molecular weight is 278 g/mol. The largest absolute Gasteiger partial charge is 0.338 e. The zero-order valence-corrected chi connectivity index (χ0v) is 12.4. The van der Waals surface area contributed by atoms with Crippen molar-refractivity contribution in [2.75, 3.05) is 19.6 Å². The van der Waals surface area contributed by atoms with Crippen LogP contribution >= 0.6 is 0 Å². The van der Waals surface area contributed by atoms with E-state index in [2.05, 4.69) is 19.2 Å². The molecule has 1 fully saturated rings. The predicted molar refractivity (Wildman–Crippen MR) is 78.3 cm³/mol. The minimum atomic E-state index is -0.420. The van der Waals surface area contributed by atoms with E-state index in [1.807, 2.05) is 6.92 Å². The lowest BCUT2D eigenvalue weighted by Crippen LogP contribution is -2.50. The number of likely N-dealkylation sites (tertiary alicyclic amines) is 1. The van der Waals surface area contributed by atoms with E-state index in [0.717, 1.165) is 18.5 Å². The van der Waals surface area contributed by atoms with Crippen LogP contribution in [-0.2, 0) is 0 Å². The van der Waals surface area contributed by atoms with Crippen molar-refractivity contribution in [1.29, 1.82) is 0 Å². The smallest absolute Gasteiger partial charge is 0.256 e. The van der Waals surface area contributed by atoms with E-state index >= 15 is 0 Å². The maximum absolute atomic E-state index is 13.9. The minimum absolute atomic E-state index is 0.185. The Kier molecular flexibility index (Phi) is 4.76. The maximum atomic E-state index is 13.9. The number of piperidine rings is 1. The summed E-state index contributed by atoms with van der Waals surface area (Å²) >= 11 is 0. The third kappa shape index (κ3) is 3.18. The van der Waals surface area contributed by atoms with Crippen LogP contribution in [0, 0.1) is 18.7 Å². The van der Waals surface area contributed by atoms with Gasteiger partial charge in [0, 0.05) is 19.1 Å². The molecule has 1 aliphatic rings. The van der Waals surface area contributed by atoms with Gasteiger partial charge in [-0.05, 0) is 43.5 Å². The van der Waals surface area contributed by atoms with Crippen molar-refractivity contribution < 1.29 is 9.18 Å². The minimum Gasteiger partial charge on any atom is -0.338 e. The van der Waals surface area contributed by atoms with Gasteiger partial charge in [-0.1, -0.05) is 19.9 Å². The van der Waals surface area contributed by atoms with Crippen LogP contribution in [0.4, 0.5) is 4.39 Å². The molecule has 4 heteroatoms. The van der Waals surface area contributed by atoms with Gasteiger partial charge in [0.1, 0.15) is 5.82 Å². The fourth-order valence-electron chi connectivity index (χ4n) is 2.86. The highest BCUT2D eigenvalue weighted by Gasteiger charge is 2.29. The van der Waals surface area contributed by atoms with Gasteiger partial charge in [0.15, 0.2) is 0 Å². The van der Waals surface area contributed by atoms with Gasteiger partial charge in [0.25, 0.3) is 5.91 Å². The molecule has 0 bridgehead atoms. The molecule has 0 aromatic heterocycles. The second-order valence-electron chi connectivity index (χ2n) is 5.66. The summed E-state index contributed by atoms with van der Waals surface area (Å²) in [4.78, 5) is 14.2. The number of halogens is 1. The molecule has 110 valence electrons. The number of amides is 1. The van der Waals surface area contributed by atoms with Crippen LogP contribution in [0.15, 0.2) is 18.2 Å². The number of carbonyl (C=O) groups excluding carboxylic acids is 1. The number of nitrogens with one attached hydrogen (secondary N) is 1. The molecule has 0 aliphatic carbocycles. The third-order valence-electron chi connectivity index (χ3n) is 4.01. The van der Waals surface area contributed by atoms with Crippen LogP contribution in [0.3, 0.4) is 0 Å². The average Bonchev–Trinajstić information content (AvgIpc) is 2.40. The monoisotopic (exact) mass is 278 g/mol. The first-order chi connectivity index (χ1) is 9.52. The van der Waals surface area contributed by atoms with Crippen molar-refractivity contribution in [3.05, 3.63) is 35.1 Å². The Morgan fingerprint density at radius 2 is 2.25 bits per heavy atom. The second kappa shape index (κ2) is 6.35. The lowest BCUT2D eigenvalue weighted by Gasteiger charge is -2.37. The zero-order chi connectivity index (χ0) is 14.7. The van der Waals surface area contributed by atoms with Gasteiger partial charge in [-0.2, -0.15) is 0 Å². The van der Waals surface area contributed by atoms with E-state index < -0.39 is 5.82 Å². The summed E-state index contributed by atoms with van der Waals surface area (Å²) in [7, 11) is 0. The predicted octanol–water partition coefficient (Wildman–Crippen LogP) is 2.59. The van der Waals surface area contributed by atoms with Crippen molar-refractivity contribution in [3.63, 3.8) is 0 Å². The van der Waals surface area contributed by atoms with E-state index in [1.165, 1.54) is 6.07 Å². The highest BCUT2D eigenvalue weighted by atomic mass is 19.1. The molecule has 2 unspecified atom stereocenters. The van der Waals surface area contributed by atoms with Crippen molar-refractivity contribution >= 4 is 5.91 Å². The standard InChI is InChI=1S/C16H23FN2O/c1-4-18-15-7-8-19(10-12(15)3)16(20)13-6-5-11(2)9-14(13)17/h5-6,9,12,15,18H,4,7-8,10H2,1-3H3. The first-order valence-corrected chi connectivity index (χ1v) is 7.31. The summed E-state index contributed by atoms with van der Waals surface area (Å²) in [5, 5.41) is 3.44. The Morgan fingerprint density at radius 1 is 1.50 bits per heavy atom. The molecule has 1 aromatic rings. The maximum Gasteiger partial charge on any atom is 0.256 e. The Morgan fingerprint density at radius 3 is 2.85 bits per heavy atom. The summed E-state index contributed by atoms with van der Waals surface area (Å²) in [6.07, 6.45) is 0.925. The first kappa shape index (κ1) is 15.0. The fourth-order valence-corrected chi connectivity index (χ4v) is 2.86. The number of carbonyl (C=O) groups is 1. The lowest BCUT2D eigenvalue weighted by molar-refractivity contribution is 0.0641. The lowest BCUT2D eigenvalue weighted by atomic mass is 9.93. The summed E-state index contributed by atoms with van der Waals surface area (Å²) < 4.78 is 13.9. The van der Waals surface area contributed by atoms with Crippen molar-refractivity contribution in [2.24, 2.45) is 5.92 Å². The SMILES string of the molecule is CCNC1CCN(C(=O)c2ccc(C)cc2F)CC1C. The van der Waals surface area contributed by atoms with Crippen LogP contribution in [-0.4, -0.2) is 36.5 Å². The Bertz CT molecular complexity index is 489. The molecule has 20 heavy (non-hydrogen) atoms. The molecule has 2 atom stereocenters. The van der Waals surface area contributed by atoms with Crippen LogP contribution in [0.1, 0.15) is 36.2 Å². The number of rotatable bonds is 3. The first-order valence-electron chi connectivity index (χ1n) is 7.31. The van der Waals surface area contributed by atoms with Crippen molar-refractivity contribution in [1.82, 2.24) is 10.2 Å². The normalized spacial score (nSPS) is 22.9. The third-order valence-corrected chi connectivity index (χ3v) is 4.01. The van der Waals surface area contributed by atoms with Gasteiger partial charge in [-0.15, -0.1) is 0 Å². The topological polar surface area (TPSA) is 32.3 Å². The Hall–Kier alpha value is -1.42. The molecule has 1 saturated heterocycles. The summed E-state index contributed by atoms with van der Waals surface area (Å²) in [5.41, 5.74) is 1.02. The van der Waals surface area contributed by atoms with E-state index in [9.17, 15) is 9.18 Å². The molecule has 0 spiro atoms. The van der Waals surface area contributed by atoms with E-state index in [1.54, 1.807) is 17.0 Å². The quantitative estimate of drug-likeness (QED) is 0.921. The van der Waals surface area contributed by atoms with Crippen LogP contribution in [0.2, 0.25) is 0 Å². The van der Waals surface area contributed by atoms with Gasteiger partial charge in [-0.3, -0.25) is 4.79 Å². The van der Waals surface area contributed by atoms with E-state index in [-0.39, 0.29) is 11.5 Å². The highest BCUT2D eigenvalue weighted by Crippen LogP contribution is 2.20. The number of nitrogens with zero attached hydrogens (tertiary/aromatic N) is 1. The number of hydrogen-bond donors (Lipinski definition) is 1. The van der Waals surface area contributed by atoms with Crippen molar-refractivity contribution in [2.45, 2.75) is 33.2 Å².